The summed E-state index contributed by atoms with van der Waals surface area (Å²) in [5, 5.41) is 12.9. The SMILES string of the molecule is NC(=O)C(CC(=O)O)C1=CCC(c2noc(-c3cn4cc(C(F)(F)F)cc(Cl)c4n3)n2)C(Cl)=C1. The molecule has 1 aliphatic carbocycles. The maximum Gasteiger partial charge on any atom is 0.417 e. The van der Waals surface area contributed by atoms with Gasteiger partial charge in [0.15, 0.2) is 11.5 Å². The van der Waals surface area contributed by atoms with E-state index in [1.54, 1.807) is 6.08 Å². The average Bonchev–Trinajstić information content (AvgIpc) is 3.38. The number of fused-ring (bicyclic) bond motifs is 1. The van der Waals surface area contributed by atoms with Crippen molar-refractivity contribution in [2.45, 2.75) is 24.9 Å². The van der Waals surface area contributed by atoms with Gasteiger partial charge in [0.05, 0.1) is 28.8 Å². The lowest BCUT2D eigenvalue weighted by Crippen LogP contribution is -2.27. The first-order valence-corrected chi connectivity index (χ1v) is 10.4. The quantitative estimate of drug-likeness (QED) is 0.502. The number of rotatable bonds is 6. The van der Waals surface area contributed by atoms with Crippen molar-refractivity contribution in [3.05, 3.63) is 57.6 Å². The topological polar surface area (TPSA) is 137 Å². The van der Waals surface area contributed by atoms with Crippen LogP contribution in [0.1, 0.15) is 30.1 Å². The van der Waals surface area contributed by atoms with E-state index in [4.69, 9.17) is 38.6 Å². The minimum Gasteiger partial charge on any atom is -0.481 e. The second-order valence-electron chi connectivity index (χ2n) is 7.46. The number of amides is 1. The maximum absolute atomic E-state index is 13.0. The van der Waals surface area contributed by atoms with Crippen LogP contribution >= 0.6 is 23.2 Å². The van der Waals surface area contributed by atoms with Crippen molar-refractivity contribution in [2.24, 2.45) is 11.7 Å². The number of pyridine rings is 1. The molecule has 9 nitrogen and oxygen atoms in total. The number of carboxylic acids is 1. The summed E-state index contributed by atoms with van der Waals surface area (Å²) in [6.07, 6.45) is 0.336. The van der Waals surface area contributed by atoms with Gasteiger partial charge in [-0.15, -0.1) is 0 Å². The van der Waals surface area contributed by atoms with Crippen LogP contribution < -0.4 is 5.73 Å². The first kappa shape index (κ1) is 23.8. The monoisotopic (exact) mass is 515 g/mol. The van der Waals surface area contributed by atoms with E-state index in [0.717, 1.165) is 16.7 Å². The highest BCUT2D eigenvalue weighted by molar-refractivity contribution is 6.33. The molecule has 0 saturated heterocycles. The number of carboxylic acid groups (broad SMARTS) is 1. The largest absolute Gasteiger partial charge is 0.481 e. The molecule has 3 heterocycles. The van der Waals surface area contributed by atoms with Gasteiger partial charge in [-0.25, -0.2) is 4.98 Å². The normalized spacial score (nSPS) is 17.4. The number of imidazole rings is 1. The summed E-state index contributed by atoms with van der Waals surface area (Å²) in [5.41, 5.74) is 4.91. The van der Waals surface area contributed by atoms with Gasteiger partial charge < -0.3 is 19.8 Å². The van der Waals surface area contributed by atoms with E-state index in [9.17, 15) is 22.8 Å². The zero-order chi connectivity index (χ0) is 24.8. The van der Waals surface area contributed by atoms with Gasteiger partial charge in [0.1, 0.15) is 5.69 Å². The highest BCUT2D eigenvalue weighted by atomic mass is 35.5. The number of aliphatic carboxylic acids is 1. The first-order valence-electron chi connectivity index (χ1n) is 9.61. The van der Waals surface area contributed by atoms with Crippen molar-refractivity contribution in [3.8, 4) is 11.6 Å². The Bertz CT molecular complexity index is 1360. The molecule has 14 heteroatoms. The molecule has 178 valence electrons. The van der Waals surface area contributed by atoms with Crippen LogP contribution in [0.5, 0.6) is 0 Å². The number of carbonyl (C=O) groups excluding carboxylic acids is 1. The molecular weight excluding hydrogens is 502 g/mol. The minimum atomic E-state index is -4.59. The Morgan fingerprint density at radius 2 is 2.03 bits per heavy atom. The van der Waals surface area contributed by atoms with E-state index in [1.807, 2.05) is 0 Å². The van der Waals surface area contributed by atoms with E-state index in [0.29, 0.717) is 5.57 Å². The third-order valence-corrected chi connectivity index (χ3v) is 5.81. The van der Waals surface area contributed by atoms with E-state index in [1.165, 1.54) is 12.3 Å². The Balaban J connectivity index is 1.60. The van der Waals surface area contributed by atoms with E-state index < -0.39 is 41.9 Å². The number of nitrogens with two attached hydrogens (primary N) is 1. The molecule has 0 radical (unpaired) electrons. The summed E-state index contributed by atoms with van der Waals surface area (Å²) < 4.78 is 45.5. The van der Waals surface area contributed by atoms with Gasteiger partial charge in [-0.1, -0.05) is 34.4 Å². The van der Waals surface area contributed by atoms with Gasteiger partial charge >= 0.3 is 12.1 Å². The molecule has 2 atom stereocenters. The standard InChI is InChI=1S/C20H14Cl2F3N5O4/c21-12-3-8(11(16(26)33)5-15(31)32)1-2-10(12)17-28-19(34-29-17)14-7-30-6-9(20(23,24)25)4-13(22)18(30)27-14/h1,3-4,6-7,10-11H,2,5H2,(H2,26,33)(H,31,32). The van der Waals surface area contributed by atoms with Gasteiger partial charge in [0.2, 0.25) is 5.91 Å². The molecule has 0 aromatic carbocycles. The fourth-order valence-electron chi connectivity index (χ4n) is 3.51. The summed E-state index contributed by atoms with van der Waals surface area (Å²) in [7, 11) is 0. The number of hydrogen-bond donors (Lipinski definition) is 2. The lowest BCUT2D eigenvalue weighted by Gasteiger charge is -2.20. The average molecular weight is 516 g/mol. The fraction of sp³-hybridized carbons (Fsp3) is 0.250. The summed E-state index contributed by atoms with van der Waals surface area (Å²) in [6.45, 7) is 0. The number of allylic oxidation sites excluding steroid dienone is 3. The Hall–Kier alpha value is -3.38. The maximum atomic E-state index is 13.0. The fourth-order valence-corrected chi connectivity index (χ4v) is 4.08. The number of nitrogens with zero attached hydrogens (tertiary/aromatic N) is 4. The van der Waals surface area contributed by atoms with Gasteiger partial charge in [-0.3, -0.25) is 9.59 Å². The molecule has 4 rings (SSSR count). The van der Waals surface area contributed by atoms with Gasteiger partial charge in [-0.05, 0) is 24.1 Å². The van der Waals surface area contributed by atoms with Crippen LogP contribution in [0.3, 0.4) is 0 Å². The van der Waals surface area contributed by atoms with E-state index >= 15 is 0 Å². The molecule has 0 aliphatic heterocycles. The van der Waals surface area contributed by atoms with Crippen molar-refractivity contribution in [1.82, 2.24) is 19.5 Å². The molecule has 3 aromatic heterocycles. The number of halogens is 5. The zero-order valence-corrected chi connectivity index (χ0v) is 18.4. The number of primary amides is 1. The van der Waals surface area contributed by atoms with Crippen molar-refractivity contribution >= 4 is 40.7 Å². The molecule has 3 aromatic rings. The summed E-state index contributed by atoms with van der Waals surface area (Å²) in [6, 6.07) is 0.771. The molecule has 1 amide bonds. The van der Waals surface area contributed by atoms with Gasteiger partial charge in [0.25, 0.3) is 5.89 Å². The summed E-state index contributed by atoms with van der Waals surface area (Å²) in [5.74, 6) is -3.48. The molecule has 3 N–H and O–H groups in total. The lowest BCUT2D eigenvalue weighted by molar-refractivity contribution is -0.140. The van der Waals surface area contributed by atoms with Gasteiger partial charge in [0, 0.05) is 17.4 Å². The van der Waals surface area contributed by atoms with Crippen LogP contribution in [0, 0.1) is 5.92 Å². The third-order valence-electron chi connectivity index (χ3n) is 5.16. The Labute approximate surface area is 198 Å². The molecule has 2 unspecified atom stereocenters. The Kier molecular flexibility index (Phi) is 6.13. The molecule has 1 aliphatic rings. The first-order chi connectivity index (χ1) is 15.9. The minimum absolute atomic E-state index is 0.0662. The highest BCUT2D eigenvalue weighted by Crippen LogP contribution is 2.38. The van der Waals surface area contributed by atoms with E-state index in [2.05, 4.69) is 15.1 Å². The third kappa shape index (κ3) is 4.64. The molecule has 0 fully saturated rings. The van der Waals surface area contributed by atoms with Crippen LogP contribution in [0.25, 0.3) is 17.2 Å². The summed E-state index contributed by atoms with van der Waals surface area (Å²) >= 11 is 12.3. The second kappa shape index (κ2) is 8.76. The van der Waals surface area contributed by atoms with Gasteiger partial charge in [-0.2, -0.15) is 18.2 Å². The number of aromatic nitrogens is 4. The molecule has 0 spiro atoms. The van der Waals surface area contributed by atoms with Crippen molar-refractivity contribution in [1.29, 1.82) is 0 Å². The van der Waals surface area contributed by atoms with Crippen LogP contribution in [0.2, 0.25) is 5.02 Å². The van der Waals surface area contributed by atoms with Crippen LogP contribution in [0.4, 0.5) is 13.2 Å². The second-order valence-corrected chi connectivity index (χ2v) is 8.31. The van der Waals surface area contributed by atoms with Crippen molar-refractivity contribution < 1.29 is 32.4 Å². The molecular formula is C20H14Cl2F3N5O4. The van der Waals surface area contributed by atoms with Crippen LogP contribution in [-0.2, 0) is 15.8 Å². The molecule has 0 saturated carbocycles. The predicted molar refractivity (Wildman–Crippen MR) is 113 cm³/mol. The highest BCUT2D eigenvalue weighted by Gasteiger charge is 2.33. The Morgan fingerprint density at radius 1 is 1.29 bits per heavy atom. The van der Waals surface area contributed by atoms with Crippen molar-refractivity contribution in [2.75, 3.05) is 0 Å². The van der Waals surface area contributed by atoms with Crippen LogP contribution in [-0.4, -0.2) is 36.5 Å². The number of carbonyl (C=O) groups is 2. The predicted octanol–water partition coefficient (Wildman–Crippen LogP) is 4.17. The zero-order valence-electron chi connectivity index (χ0n) is 16.9. The molecule has 0 bridgehead atoms. The summed E-state index contributed by atoms with van der Waals surface area (Å²) in [4.78, 5) is 31.1. The number of alkyl halides is 3. The van der Waals surface area contributed by atoms with Crippen LogP contribution in [0.15, 0.2) is 45.7 Å². The van der Waals surface area contributed by atoms with Crippen molar-refractivity contribution in [3.63, 3.8) is 0 Å². The van der Waals surface area contributed by atoms with E-state index in [-0.39, 0.29) is 39.5 Å². The Morgan fingerprint density at radius 3 is 2.65 bits per heavy atom. The molecule has 34 heavy (non-hydrogen) atoms. The number of hydrogen-bond acceptors (Lipinski definition) is 6. The smallest absolute Gasteiger partial charge is 0.417 e. The lowest BCUT2D eigenvalue weighted by atomic mass is 9.87.